The van der Waals surface area contributed by atoms with Crippen molar-refractivity contribution in [1.29, 1.82) is 0 Å². The number of nitrogens with two attached hydrogens (primary N) is 3. The number of hydrogen-bond acceptors (Lipinski definition) is 7. The predicted molar refractivity (Wildman–Crippen MR) is 143 cm³/mol. The molecular formula is C24H37BrN6O5. The number of nitrogens with one attached hydrogen (secondary N) is 1. The van der Waals surface area contributed by atoms with Crippen LogP contribution in [0.15, 0.2) is 41.4 Å². The Morgan fingerprint density at radius 2 is 1.86 bits per heavy atom. The van der Waals surface area contributed by atoms with E-state index in [1.54, 1.807) is 42.2 Å². The highest BCUT2D eigenvalue weighted by Crippen LogP contribution is 2.11. The molecule has 2 atom stereocenters. The number of hydrogen-bond donors (Lipinski definition) is 4. The molecular weight excluding hydrogens is 532 g/mol. The van der Waals surface area contributed by atoms with Gasteiger partial charge in [-0.3, -0.25) is 14.6 Å². The van der Waals surface area contributed by atoms with Crippen molar-refractivity contribution < 1.29 is 23.9 Å². The van der Waals surface area contributed by atoms with Gasteiger partial charge in [0.1, 0.15) is 0 Å². The zero-order chi connectivity index (χ0) is 25.6. The number of amides is 2. The molecule has 0 aromatic heterocycles. The Morgan fingerprint density at radius 3 is 2.47 bits per heavy atom. The third-order valence-corrected chi connectivity index (χ3v) is 5.34. The number of ether oxygens (including phenoxy) is 2. The summed E-state index contributed by atoms with van der Waals surface area (Å²) in [6.07, 6.45) is 4.24. The number of carbonyl (C=O) groups is 3. The molecule has 36 heavy (non-hydrogen) atoms. The molecule has 11 nitrogen and oxygen atoms in total. The Labute approximate surface area is 222 Å². The first-order valence-electron chi connectivity index (χ1n) is 11.7. The Hall–Kier alpha value is -2.96. The van der Waals surface area contributed by atoms with E-state index in [-0.39, 0.29) is 41.4 Å². The molecule has 200 valence electrons. The molecule has 1 aromatic rings. The highest BCUT2D eigenvalue weighted by molar-refractivity contribution is 8.93. The zero-order valence-electron chi connectivity index (χ0n) is 20.6. The monoisotopic (exact) mass is 568 g/mol. The molecule has 1 aliphatic heterocycles. The third kappa shape index (κ3) is 11.2. The van der Waals surface area contributed by atoms with Gasteiger partial charge in [0.15, 0.2) is 5.96 Å². The molecule has 12 heteroatoms. The van der Waals surface area contributed by atoms with Gasteiger partial charge >= 0.3 is 5.97 Å². The molecule has 2 rings (SSSR count). The average Bonchev–Trinajstić information content (AvgIpc) is 2.85. The van der Waals surface area contributed by atoms with E-state index in [1.165, 1.54) is 6.08 Å². The second kappa shape index (κ2) is 16.7. The van der Waals surface area contributed by atoms with Crippen LogP contribution in [0.5, 0.6) is 0 Å². The van der Waals surface area contributed by atoms with E-state index in [9.17, 15) is 14.4 Å². The van der Waals surface area contributed by atoms with Gasteiger partial charge in [-0.05, 0) is 43.9 Å². The summed E-state index contributed by atoms with van der Waals surface area (Å²) in [6.45, 7) is 4.59. The van der Waals surface area contributed by atoms with Gasteiger partial charge in [-0.2, -0.15) is 0 Å². The average molecular weight is 570 g/mol. The van der Waals surface area contributed by atoms with Gasteiger partial charge in [-0.1, -0.05) is 18.2 Å². The Morgan fingerprint density at radius 1 is 1.19 bits per heavy atom. The highest BCUT2D eigenvalue weighted by atomic mass is 79.9. The van der Waals surface area contributed by atoms with E-state index in [1.807, 2.05) is 0 Å². The molecule has 0 bridgehead atoms. The lowest BCUT2D eigenvalue weighted by Crippen LogP contribution is -2.46. The second-order valence-corrected chi connectivity index (χ2v) is 8.09. The van der Waals surface area contributed by atoms with Crippen LogP contribution >= 0.6 is 17.0 Å². The van der Waals surface area contributed by atoms with Gasteiger partial charge in [-0.15, -0.1) is 17.0 Å². The Balaban J connectivity index is 0.00000648. The minimum atomic E-state index is -0.813. The van der Waals surface area contributed by atoms with Gasteiger partial charge in [0.2, 0.25) is 5.91 Å². The number of aliphatic imine (C=N–C) groups is 1. The summed E-state index contributed by atoms with van der Waals surface area (Å²) in [4.78, 5) is 42.7. The maximum atomic E-state index is 12.7. The Kier molecular flexibility index (Phi) is 14.4. The normalized spacial score (nSPS) is 14.9. The van der Waals surface area contributed by atoms with Gasteiger partial charge in [-0.25, -0.2) is 4.79 Å². The molecule has 0 unspecified atom stereocenters. The largest absolute Gasteiger partial charge is 0.463 e. The lowest BCUT2D eigenvalue weighted by molar-refractivity contribution is -0.137. The molecule has 0 spiro atoms. The summed E-state index contributed by atoms with van der Waals surface area (Å²) < 4.78 is 10.2. The minimum Gasteiger partial charge on any atom is -0.463 e. The van der Waals surface area contributed by atoms with Crippen LogP contribution in [0.2, 0.25) is 0 Å². The Bertz CT molecular complexity index is 899. The van der Waals surface area contributed by atoms with Crippen LogP contribution in [-0.4, -0.2) is 80.2 Å². The molecule has 1 saturated heterocycles. The van der Waals surface area contributed by atoms with Crippen LogP contribution in [0.1, 0.15) is 35.7 Å². The molecule has 1 aliphatic rings. The summed E-state index contributed by atoms with van der Waals surface area (Å²) in [7, 11) is 0. The van der Waals surface area contributed by atoms with Gasteiger partial charge in [0.05, 0.1) is 25.9 Å². The number of nitrogens with zero attached hydrogens (tertiary/aromatic N) is 2. The first kappa shape index (κ1) is 31.1. The van der Waals surface area contributed by atoms with E-state index < -0.39 is 18.1 Å². The summed E-state index contributed by atoms with van der Waals surface area (Å²) in [5.41, 5.74) is 18.2. The standard InChI is InChI=1S/C24H36N6O5.BrH/c1-2-35-21(31)10-9-19(4-3-11-28-24(26)27)29-22(32)20(25)16-17-5-7-18(8-6-17)23(33)30-12-14-34-15-13-30;/h5-10,19-20H,2-4,11-16,25H2,1H3,(H,29,32)(H4,26,27,28);1H/b10-9+;/t19-,20-;/m0./s1. The summed E-state index contributed by atoms with van der Waals surface area (Å²) in [6, 6.07) is 5.83. The van der Waals surface area contributed by atoms with Gasteiger partial charge in [0.25, 0.3) is 5.91 Å². The number of rotatable bonds is 12. The quantitative estimate of drug-likeness (QED) is 0.0912. The second-order valence-electron chi connectivity index (χ2n) is 8.09. The maximum absolute atomic E-state index is 12.7. The number of morpholine rings is 1. The first-order chi connectivity index (χ1) is 16.8. The molecule has 1 heterocycles. The highest BCUT2D eigenvalue weighted by Gasteiger charge is 2.20. The number of guanidine groups is 1. The topological polar surface area (TPSA) is 175 Å². The zero-order valence-corrected chi connectivity index (χ0v) is 22.3. The fourth-order valence-corrected chi connectivity index (χ4v) is 3.49. The lowest BCUT2D eigenvalue weighted by Gasteiger charge is -2.26. The van der Waals surface area contributed by atoms with E-state index >= 15 is 0 Å². The van der Waals surface area contributed by atoms with E-state index in [2.05, 4.69) is 10.3 Å². The van der Waals surface area contributed by atoms with Crippen molar-refractivity contribution in [1.82, 2.24) is 10.2 Å². The number of halogens is 1. The van der Waals surface area contributed by atoms with E-state index in [0.29, 0.717) is 57.7 Å². The van der Waals surface area contributed by atoms with Crippen LogP contribution in [0.25, 0.3) is 0 Å². The van der Waals surface area contributed by atoms with Gasteiger partial charge < -0.3 is 36.9 Å². The summed E-state index contributed by atoms with van der Waals surface area (Å²) >= 11 is 0. The van der Waals surface area contributed by atoms with Crippen LogP contribution in [0.4, 0.5) is 0 Å². The van der Waals surface area contributed by atoms with Crippen molar-refractivity contribution in [2.24, 2.45) is 22.2 Å². The van der Waals surface area contributed by atoms with Gasteiger partial charge in [0, 0.05) is 37.3 Å². The van der Waals surface area contributed by atoms with Crippen LogP contribution in [0.3, 0.4) is 0 Å². The lowest BCUT2D eigenvalue weighted by atomic mass is 10.0. The minimum absolute atomic E-state index is 0. The van der Waals surface area contributed by atoms with E-state index in [4.69, 9.17) is 26.7 Å². The fourth-order valence-electron chi connectivity index (χ4n) is 3.49. The predicted octanol–water partition coefficient (Wildman–Crippen LogP) is 0.264. The first-order valence-corrected chi connectivity index (χ1v) is 11.7. The van der Waals surface area contributed by atoms with E-state index in [0.717, 1.165) is 5.56 Å². The molecule has 0 aliphatic carbocycles. The SMILES string of the molecule is Br.CCOC(=O)/C=C/[C@H](CCCN=C(N)N)NC(=O)[C@@H](N)Cc1ccc(C(=O)N2CCOCC2)cc1. The molecule has 0 radical (unpaired) electrons. The number of esters is 1. The number of benzene rings is 1. The molecule has 0 saturated carbocycles. The molecule has 1 fully saturated rings. The van der Waals surface area contributed by atoms with Crippen molar-refractivity contribution >= 4 is 40.7 Å². The van der Waals surface area contributed by atoms with Crippen LogP contribution in [-0.2, 0) is 25.5 Å². The molecule has 2 amide bonds. The molecule has 1 aromatic carbocycles. The maximum Gasteiger partial charge on any atom is 0.330 e. The third-order valence-electron chi connectivity index (χ3n) is 5.34. The summed E-state index contributed by atoms with van der Waals surface area (Å²) in [5.74, 6) is -0.906. The smallest absolute Gasteiger partial charge is 0.330 e. The van der Waals surface area contributed by atoms with Crippen molar-refractivity contribution in [3.8, 4) is 0 Å². The summed E-state index contributed by atoms with van der Waals surface area (Å²) in [5, 5.41) is 2.85. The van der Waals surface area contributed by atoms with Crippen LogP contribution in [0, 0.1) is 0 Å². The van der Waals surface area contributed by atoms with Crippen molar-refractivity contribution in [2.45, 2.75) is 38.3 Å². The fraction of sp³-hybridized carbons (Fsp3) is 0.500. The molecule has 7 N–H and O–H groups in total. The van der Waals surface area contributed by atoms with Crippen molar-refractivity contribution in [3.05, 3.63) is 47.5 Å². The van der Waals surface area contributed by atoms with Crippen molar-refractivity contribution in [3.63, 3.8) is 0 Å². The number of carbonyl (C=O) groups excluding carboxylic acids is 3. The van der Waals surface area contributed by atoms with Crippen LogP contribution < -0.4 is 22.5 Å². The van der Waals surface area contributed by atoms with Crippen molar-refractivity contribution in [2.75, 3.05) is 39.5 Å².